The Kier molecular flexibility index (Phi) is 8.54. The summed E-state index contributed by atoms with van der Waals surface area (Å²) in [6.45, 7) is 11.3. The van der Waals surface area contributed by atoms with Gasteiger partial charge in [-0.25, -0.2) is 0 Å². The Balaban J connectivity index is 0.000000421. The Morgan fingerprint density at radius 2 is 1.60 bits per heavy atom. The molecule has 0 unspecified atom stereocenters. The van der Waals surface area contributed by atoms with E-state index in [-0.39, 0.29) is 41.3 Å². The summed E-state index contributed by atoms with van der Waals surface area (Å²) >= 11 is 0. The average Bonchev–Trinajstić information content (AvgIpc) is 3.19. The molecule has 5 aliphatic rings. The minimum Gasteiger partial charge on any atom is -0.481 e. The van der Waals surface area contributed by atoms with Crippen LogP contribution in [0.3, 0.4) is 0 Å². The van der Waals surface area contributed by atoms with Crippen molar-refractivity contribution in [2.75, 3.05) is 26.2 Å². The van der Waals surface area contributed by atoms with Crippen LogP contribution in [0.25, 0.3) is 0 Å². The van der Waals surface area contributed by atoms with E-state index in [1.54, 1.807) is 0 Å². The lowest BCUT2D eigenvalue weighted by Crippen LogP contribution is -2.62. The summed E-state index contributed by atoms with van der Waals surface area (Å²) in [6.07, 6.45) is 6.00. The molecule has 6 N–H and O–H groups in total. The van der Waals surface area contributed by atoms with Gasteiger partial charge in [0.05, 0.1) is 18.3 Å². The van der Waals surface area contributed by atoms with Crippen molar-refractivity contribution in [2.24, 2.45) is 46.3 Å². The molecule has 35 heavy (non-hydrogen) atoms. The van der Waals surface area contributed by atoms with Crippen molar-refractivity contribution in [3.8, 4) is 0 Å². The van der Waals surface area contributed by atoms with Gasteiger partial charge in [0.2, 0.25) is 0 Å². The van der Waals surface area contributed by atoms with Crippen molar-refractivity contribution in [3.05, 3.63) is 0 Å². The van der Waals surface area contributed by atoms with Gasteiger partial charge >= 0.3 is 5.97 Å². The fourth-order valence-corrected chi connectivity index (χ4v) is 9.29. The largest absolute Gasteiger partial charge is 0.481 e. The van der Waals surface area contributed by atoms with Crippen LogP contribution < -0.4 is 10.6 Å². The lowest BCUT2D eigenvalue weighted by Gasteiger charge is -2.63. The maximum absolute atomic E-state index is 11.5. The van der Waals surface area contributed by atoms with E-state index >= 15 is 0 Å². The van der Waals surface area contributed by atoms with Crippen LogP contribution in [-0.2, 0) is 4.79 Å². The maximum atomic E-state index is 11.5. The lowest BCUT2D eigenvalue weighted by atomic mass is 9.43. The highest BCUT2D eigenvalue weighted by molar-refractivity contribution is 5.66. The molecule has 0 radical (unpaired) electrons. The second-order valence-corrected chi connectivity index (χ2v) is 12.9. The number of piperazine rings is 1. The second-order valence-electron chi connectivity index (χ2n) is 12.9. The smallest absolute Gasteiger partial charge is 0.303 e. The van der Waals surface area contributed by atoms with E-state index in [1.807, 2.05) is 0 Å². The molecule has 4 saturated carbocycles. The van der Waals surface area contributed by atoms with Gasteiger partial charge in [0.25, 0.3) is 0 Å². The number of carboxylic acid groups (broad SMARTS) is 1. The third-order valence-electron chi connectivity index (χ3n) is 11.3. The quantitative estimate of drug-likeness (QED) is 0.355. The lowest BCUT2D eigenvalue weighted by molar-refractivity contribution is -0.207. The average molecular weight is 495 g/mol. The van der Waals surface area contributed by atoms with E-state index in [1.165, 1.54) is 0 Å². The van der Waals surface area contributed by atoms with Crippen LogP contribution in [0.4, 0.5) is 0 Å². The minimum atomic E-state index is -0.748. The molecule has 0 bridgehead atoms. The van der Waals surface area contributed by atoms with Gasteiger partial charge in [-0.15, -0.1) is 0 Å². The molecule has 11 atom stereocenters. The molecule has 0 aromatic carbocycles. The van der Waals surface area contributed by atoms with Gasteiger partial charge in [-0.2, -0.15) is 0 Å². The molecule has 4 aliphatic carbocycles. The van der Waals surface area contributed by atoms with E-state index in [9.17, 15) is 20.1 Å². The van der Waals surface area contributed by atoms with Gasteiger partial charge in [0.1, 0.15) is 0 Å². The first-order valence-electron chi connectivity index (χ1n) is 14.3. The van der Waals surface area contributed by atoms with Gasteiger partial charge in [-0.1, -0.05) is 20.8 Å². The number of rotatable bonds is 4. The maximum Gasteiger partial charge on any atom is 0.303 e. The van der Waals surface area contributed by atoms with Gasteiger partial charge in [0.15, 0.2) is 0 Å². The molecule has 7 heteroatoms. The summed E-state index contributed by atoms with van der Waals surface area (Å²) in [5.74, 6) is 0.997. The highest BCUT2D eigenvalue weighted by Crippen LogP contribution is 2.68. The number of aliphatic carboxylic acids is 1. The normalized spacial score (nSPS) is 47.9. The summed E-state index contributed by atoms with van der Waals surface area (Å²) in [5, 5.41) is 48.5. The van der Waals surface area contributed by atoms with Crippen LogP contribution in [0.1, 0.15) is 78.6 Å². The number of nitrogens with one attached hydrogen (secondary N) is 2. The Bertz CT molecular complexity index is 721. The van der Waals surface area contributed by atoms with Crippen LogP contribution in [-0.4, -0.2) is 70.9 Å². The Morgan fingerprint density at radius 1 is 0.943 bits per heavy atom. The number of hydrogen-bond donors (Lipinski definition) is 6. The van der Waals surface area contributed by atoms with Crippen LogP contribution >= 0.6 is 0 Å². The number of aliphatic hydroxyl groups is 3. The third kappa shape index (κ3) is 5.18. The summed E-state index contributed by atoms with van der Waals surface area (Å²) in [4.78, 5) is 11.1. The zero-order valence-electron chi connectivity index (χ0n) is 22.1. The van der Waals surface area contributed by atoms with Crippen molar-refractivity contribution in [1.29, 1.82) is 0 Å². The number of carboxylic acids is 1. The van der Waals surface area contributed by atoms with E-state index in [2.05, 4.69) is 31.4 Å². The zero-order chi connectivity index (χ0) is 25.4. The molecule has 0 aromatic heterocycles. The first-order valence-corrected chi connectivity index (χ1v) is 14.3. The SMILES string of the molecule is C1CNCCN1.C[C@H](CCC(=O)O)[C@@H]1CC[C@H]2[C@@H]3[C@H](O)C[C@H]4C[C@H](O)CC[C@]4(C)[C@H]3C[C@@H](O)[C@@]21C. The molecule has 1 saturated heterocycles. The molecule has 202 valence electrons. The Morgan fingerprint density at radius 3 is 2.20 bits per heavy atom. The van der Waals surface area contributed by atoms with E-state index in [0.29, 0.717) is 30.1 Å². The predicted octanol–water partition coefficient (Wildman–Crippen LogP) is 2.63. The third-order valence-corrected chi connectivity index (χ3v) is 11.3. The van der Waals surface area contributed by atoms with Crippen molar-refractivity contribution < 1.29 is 25.2 Å². The summed E-state index contributed by atoms with van der Waals surface area (Å²) in [6, 6.07) is 0. The van der Waals surface area contributed by atoms with Crippen LogP contribution in [0, 0.1) is 46.3 Å². The molecule has 0 spiro atoms. The molecule has 0 aromatic rings. The predicted molar refractivity (Wildman–Crippen MR) is 136 cm³/mol. The van der Waals surface area contributed by atoms with E-state index in [0.717, 1.165) is 71.1 Å². The van der Waals surface area contributed by atoms with Crippen molar-refractivity contribution >= 4 is 5.97 Å². The number of hydrogen-bond acceptors (Lipinski definition) is 6. The standard InChI is InChI=1S/C24H40O5.C4H10N2/c1-13(4-7-21(28)29)16-5-6-17-22-18(12-20(27)24(16,17)3)23(2)9-8-15(25)10-14(23)11-19(22)26;1-2-6-4-3-5-1/h13-20,22,25-27H,4-12H2,1-3H3,(H,28,29);5-6H,1-4H2/t13-,14-,15-,16+,17+,18+,19-,20-,22+,23+,24-;/m1./s1. The van der Waals surface area contributed by atoms with E-state index < -0.39 is 12.1 Å². The molecular weight excluding hydrogens is 444 g/mol. The van der Waals surface area contributed by atoms with Crippen LogP contribution in [0.2, 0.25) is 0 Å². The van der Waals surface area contributed by atoms with Gasteiger partial charge < -0.3 is 31.1 Å². The second kappa shape index (κ2) is 10.9. The molecule has 1 aliphatic heterocycles. The Labute approximate surface area is 211 Å². The fraction of sp³-hybridized carbons (Fsp3) is 0.964. The first kappa shape index (κ1) is 27.3. The van der Waals surface area contributed by atoms with Crippen LogP contribution in [0.15, 0.2) is 0 Å². The van der Waals surface area contributed by atoms with Crippen molar-refractivity contribution in [2.45, 2.75) is 96.9 Å². The highest BCUT2D eigenvalue weighted by atomic mass is 16.4. The number of carbonyl (C=O) groups is 1. The Hall–Kier alpha value is -0.730. The zero-order valence-corrected chi connectivity index (χ0v) is 22.1. The van der Waals surface area contributed by atoms with E-state index in [4.69, 9.17) is 5.11 Å². The summed E-state index contributed by atoms with van der Waals surface area (Å²) in [7, 11) is 0. The first-order chi connectivity index (χ1) is 16.6. The van der Waals surface area contributed by atoms with Crippen LogP contribution in [0.5, 0.6) is 0 Å². The minimum absolute atomic E-state index is 0.0957. The monoisotopic (exact) mass is 494 g/mol. The van der Waals surface area contributed by atoms with Gasteiger partial charge in [-0.05, 0) is 97.7 Å². The van der Waals surface area contributed by atoms with Crippen molar-refractivity contribution in [1.82, 2.24) is 10.6 Å². The van der Waals surface area contributed by atoms with Gasteiger partial charge in [0, 0.05) is 32.6 Å². The topological polar surface area (TPSA) is 122 Å². The number of fused-ring (bicyclic) bond motifs is 5. The molecule has 0 amide bonds. The molecule has 5 fully saturated rings. The number of aliphatic hydroxyl groups excluding tert-OH is 3. The van der Waals surface area contributed by atoms with Crippen molar-refractivity contribution in [3.63, 3.8) is 0 Å². The summed E-state index contributed by atoms with van der Waals surface area (Å²) < 4.78 is 0. The van der Waals surface area contributed by atoms with Gasteiger partial charge in [-0.3, -0.25) is 4.79 Å². The molecule has 1 heterocycles. The highest BCUT2D eigenvalue weighted by Gasteiger charge is 2.65. The molecule has 5 rings (SSSR count). The summed E-state index contributed by atoms with van der Waals surface area (Å²) in [5.41, 5.74) is -0.143. The molecular formula is C28H50N2O5. The molecule has 7 nitrogen and oxygen atoms in total. The fourth-order valence-electron chi connectivity index (χ4n) is 9.29.